The van der Waals surface area contributed by atoms with E-state index in [4.69, 9.17) is 28.3 Å². The van der Waals surface area contributed by atoms with Crippen LogP contribution in [0.25, 0.3) is 0 Å². The number of carbonyl (C=O) groups excluding carboxylic acids is 1. The molecule has 1 rings (SSSR count). The van der Waals surface area contributed by atoms with Crippen LogP contribution in [0.15, 0.2) is 18.2 Å². The molecule has 0 aliphatic heterocycles. The Labute approximate surface area is 92.5 Å². The predicted molar refractivity (Wildman–Crippen MR) is 56.9 cm³/mol. The second kappa shape index (κ2) is 4.78. The van der Waals surface area contributed by atoms with Crippen molar-refractivity contribution in [1.82, 2.24) is 0 Å². The average Bonchev–Trinajstić information content (AvgIpc) is 2.11. The molecule has 14 heavy (non-hydrogen) atoms. The third kappa shape index (κ3) is 2.98. The highest BCUT2D eigenvalue weighted by Gasteiger charge is 2.12. The SMILES string of the molecule is CC(O)C(=O)Cc1cc(Cl)ccc1Cl. The number of rotatable bonds is 3. The summed E-state index contributed by atoms with van der Waals surface area (Å²) in [5, 5.41) is 10.0. The average molecular weight is 233 g/mol. The van der Waals surface area contributed by atoms with Gasteiger partial charge in [-0.25, -0.2) is 0 Å². The molecule has 0 radical (unpaired) electrons. The van der Waals surface area contributed by atoms with Gasteiger partial charge in [-0.05, 0) is 30.7 Å². The van der Waals surface area contributed by atoms with Gasteiger partial charge < -0.3 is 5.11 Å². The molecule has 0 aliphatic carbocycles. The van der Waals surface area contributed by atoms with Crippen LogP contribution < -0.4 is 0 Å². The van der Waals surface area contributed by atoms with Crippen molar-refractivity contribution in [2.24, 2.45) is 0 Å². The lowest BCUT2D eigenvalue weighted by molar-refractivity contribution is -0.125. The third-order valence-electron chi connectivity index (χ3n) is 1.84. The zero-order valence-electron chi connectivity index (χ0n) is 7.63. The van der Waals surface area contributed by atoms with Gasteiger partial charge in [-0.1, -0.05) is 23.2 Å². The van der Waals surface area contributed by atoms with Crippen LogP contribution in [0.4, 0.5) is 0 Å². The van der Waals surface area contributed by atoms with Crippen LogP contribution in [0.5, 0.6) is 0 Å². The van der Waals surface area contributed by atoms with E-state index in [0.29, 0.717) is 15.6 Å². The van der Waals surface area contributed by atoms with E-state index < -0.39 is 6.10 Å². The van der Waals surface area contributed by atoms with Crippen molar-refractivity contribution in [1.29, 1.82) is 0 Å². The molecule has 1 aromatic rings. The van der Waals surface area contributed by atoms with Crippen molar-refractivity contribution in [3.05, 3.63) is 33.8 Å². The van der Waals surface area contributed by atoms with Gasteiger partial charge in [-0.3, -0.25) is 4.79 Å². The van der Waals surface area contributed by atoms with Gasteiger partial charge in [0.1, 0.15) is 6.10 Å². The first-order valence-electron chi connectivity index (χ1n) is 4.15. The Morgan fingerprint density at radius 3 is 2.71 bits per heavy atom. The molecule has 1 aromatic carbocycles. The lowest BCUT2D eigenvalue weighted by atomic mass is 10.1. The van der Waals surface area contributed by atoms with E-state index >= 15 is 0 Å². The molecule has 0 heterocycles. The Morgan fingerprint density at radius 2 is 2.14 bits per heavy atom. The molecule has 0 fully saturated rings. The molecular weight excluding hydrogens is 223 g/mol. The maximum atomic E-state index is 11.2. The minimum Gasteiger partial charge on any atom is -0.386 e. The summed E-state index contributed by atoms with van der Waals surface area (Å²) < 4.78 is 0. The lowest BCUT2D eigenvalue weighted by Gasteiger charge is -2.05. The molecule has 0 spiro atoms. The first kappa shape index (κ1) is 11.5. The smallest absolute Gasteiger partial charge is 0.165 e. The highest BCUT2D eigenvalue weighted by molar-refractivity contribution is 6.33. The Hall–Kier alpha value is -0.570. The Morgan fingerprint density at radius 1 is 1.50 bits per heavy atom. The zero-order chi connectivity index (χ0) is 10.7. The highest BCUT2D eigenvalue weighted by Crippen LogP contribution is 2.21. The number of carbonyl (C=O) groups is 1. The van der Waals surface area contributed by atoms with Crippen LogP contribution in [0, 0.1) is 0 Å². The number of hydrogen-bond acceptors (Lipinski definition) is 2. The summed E-state index contributed by atoms with van der Waals surface area (Å²) in [4.78, 5) is 11.2. The molecule has 0 saturated heterocycles. The van der Waals surface area contributed by atoms with Gasteiger partial charge in [0.15, 0.2) is 5.78 Å². The molecule has 0 amide bonds. The van der Waals surface area contributed by atoms with Crippen molar-refractivity contribution in [2.75, 3.05) is 0 Å². The lowest BCUT2D eigenvalue weighted by Crippen LogP contribution is -2.18. The molecule has 0 bridgehead atoms. The van der Waals surface area contributed by atoms with Gasteiger partial charge in [0.2, 0.25) is 0 Å². The maximum absolute atomic E-state index is 11.2. The van der Waals surface area contributed by atoms with Crippen LogP contribution in [0.3, 0.4) is 0 Å². The summed E-state index contributed by atoms with van der Waals surface area (Å²) in [6, 6.07) is 4.92. The molecule has 1 unspecified atom stereocenters. The van der Waals surface area contributed by atoms with Crippen LogP contribution >= 0.6 is 23.2 Å². The van der Waals surface area contributed by atoms with Gasteiger partial charge >= 0.3 is 0 Å². The topological polar surface area (TPSA) is 37.3 Å². The minimum atomic E-state index is -0.968. The number of aliphatic hydroxyl groups is 1. The Bertz CT molecular complexity index is 348. The van der Waals surface area contributed by atoms with Crippen LogP contribution in [-0.2, 0) is 11.2 Å². The maximum Gasteiger partial charge on any atom is 0.165 e. The van der Waals surface area contributed by atoms with Gasteiger partial charge in [0.05, 0.1) is 0 Å². The third-order valence-corrected chi connectivity index (χ3v) is 2.44. The van der Waals surface area contributed by atoms with Crippen LogP contribution in [0.1, 0.15) is 12.5 Å². The molecule has 0 aliphatic rings. The van der Waals surface area contributed by atoms with Gasteiger partial charge in [0.25, 0.3) is 0 Å². The summed E-state index contributed by atoms with van der Waals surface area (Å²) in [5.41, 5.74) is 0.644. The monoisotopic (exact) mass is 232 g/mol. The van der Waals surface area contributed by atoms with E-state index in [0.717, 1.165) is 0 Å². The number of hydrogen-bond donors (Lipinski definition) is 1. The van der Waals surface area contributed by atoms with Crippen LogP contribution in [0.2, 0.25) is 10.0 Å². The van der Waals surface area contributed by atoms with Gasteiger partial charge in [-0.2, -0.15) is 0 Å². The van der Waals surface area contributed by atoms with Gasteiger partial charge in [-0.15, -0.1) is 0 Å². The largest absolute Gasteiger partial charge is 0.386 e. The Balaban J connectivity index is 2.86. The summed E-state index contributed by atoms with van der Waals surface area (Å²) in [6.45, 7) is 1.43. The van der Waals surface area contributed by atoms with Crippen LogP contribution in [-0.4, -0.2) is 17.0 Å². The van der Waals surface area contributed by atoms with Crippen molar-refractivity contribution in [3.63, 3.8) is 0 Å². The summed E-state index contributed by atoms with van der Waals surface area (Å²) in [6.07, 6.45) is -0.859. The molecule has 0 saturated carbocycles. The van der Waals surface area contributed by atoms with E-state index in [9.17, 15) is 4.79 Å². The van der Waals surface area contributed by atoms with Crippen molar-refractivity contribution in [3.8, 4) is 0 Å². The number of benzene rings is 1. The van der Waals surface area contributed by atoms with E-state index in [-0.39, 0.29) is 12.2 Å². The first-order valence-corrected chi connectivity index (χ1v) is 4.91. The van der Waals surface area contributed by atoms with E-state index in [2.05, 4.69) is 0 Å². The van der Waals surface area contributed by atoms with E-state index in [1.54, 1.807) is 18.2 Å². The fourth-order valence-electron chi connectivity index (χ4n) is 1.01. The van der Waals surface area contributed by atoms with Crippen molar-refractivity contribution >= 4 is 29.0 Å². The number of Topliss-reactive ketones (excluding diaryl/α,β-unsaturated/α-hetero) is 1. The summed E-state index contributed by atoms with van der Waals surface area (Å²) in [5.74, 6) is -0.269. The standard InChI is InChI=1S/C10H10Cl2O2/c1-6(13)10(14)5-7-4-8(11)2-3-9(7)12/h2-4,6,13H,5H2,1H3. The van der Waals surface area contributed by atoms with E-state index in [1.165, 1.54) is 6.92 Å². The minimum absolute atomic E-state index is 0.108. The Kier molecular flexibility index (Phi) is 3.93. The number of aliphatic hydroxyl groups excluding tert-OH is 1. The highest BCUT2D eigenvalue weighted by atomic mass is 35.5. The quantitative estimate of drug-likeness (QED) is 0.870. The fourth-order valence-corrected chi connectivity index (χ4v) is 1.39. The zero-order valence-corrected chi connectivity index (χ0v) is 9.14. The molecule has 1 atom stereocenters. The fraction of sp³-hybridized carbons (Fsp3) is 0.300. The first-order chi connectivity index (χ1) is 6.50. The second-order valence-corrected chi connectivity index (χ2v) is 3.90. The molecular formula is C10H10Cl2O2. The molecule has 0 aromatic heterocycles. The van der Waals surface area contributed by atoms with Crippen molar-refractivity contribution in [2.45, 2.75) is 19.4 Å². The molecule has 1 N–H and O–H groups in total. The molecule has 76 valence electrons. The van der Waals surface area contributed by atoms with Gasteiger partial charge in [0, 0.05) is 16.5 Å². The van der Waals surface area contributed by atoms with E-state index in [1.807, 2.05) is 0 Å². The molecule has 2 nitrogen and oxygen atoms in total. The second-order valence-electron chi connectivity index (χ2n) is 3.05. The predicted octanol–water partition coefficient (Wildman–Crippen LogP) is 2.49. The molecule has 4 heteroatoms. The summed E-state index contributed by atoms with van der Waals surface area (Å²) in [7, 11) is 0. The summed E-state index contributed by atoms with van der Waals surface area (Å²) >= 11 is 11.6. The normalized spacial score (nSPS) is 12.6. The number of ketones is 1. The number of halogens is 2. The van der Waals surface area contributed by atoms with Crippen molar-refractivity contribution < 1.29 is 9.90 Å².